The lowest BCUT2D eigenvalue weighted by atomic mass is 10.1. The molecular formula is C18H18ClN3O. The van der Waals surface area contributed by atoms with E-state index in [-0.39, 0.29) is 6.10 Å². The highest BCUT2D eigenvalue weighted by atomic mass is 35.5. The number of hydrogen-bond donors (Lipinski definition) is 0. The number of benzene rings is 1. The number of rotatable bonds is 4. The predicted octanol–water partition coefficient (Wildman–Crippen LogP) is 3.65. The summed E-state index contributed by atoms with van der Waals surface area (Å²) in [5.74, 6) is 0.833. The minimum absolute atomic E-state index is 0.229. The van der Waals surface area contributed by atoms with Gasteiger partial charge < -0.3 is 4.74 Å². The van der Waals surface area contributed by atoms with Gasteiger partial charge in [-0.1, -0.05) is 11.6 Å². The molecule has 0 bridgehead atoms. The van der Waals surface area contributed by atoms with Gasteiger partial charge in [-0.2, -0.15) is 5.26 Å². The molecule has 2 aromatic rings. The highest BCUT2D eigenvalue weighted by Gasteiger charge is 2.21. The van der Waals surface area contributed by atoms with Crippen molar-refractivity contribution in [2.75, 3.05) is 13.1 Å². The number of aromatic nitrogens is 1. The van der Waals surface area contributed by atoms with E-state index in [4.69, 9.17) is 21.6 Å². The Bertz CT molecular complexity index is 688. The second-order valence-electron chi connectivity index (χ2n) is 5.70. The van der Waals surface area contributed by atoms with Gasteiger partial charge in [0.1, 0.15) is 11.9 Å². The van der Waals surface area contributed by atoms with Crippen molar-refractivity contribution in [2.24, 2.45) is 0 Å². The van der Waals surface area contributed by atoms with Crippen molar-refractivity contribution < 1.29 is 4.74 Å². The molecule has 0 amide bonds. The fraction of sp³-hybridized carbons (Fsp3) is 0.333. The minimum atomic E-state index is 0.229. The molecule has 1 saturated heterocycles. The van der Waals surface area contributed by atoms with Gasteiger partial charge in [0.2, 0.25) is 0 Å². The van der Waals surface area contributed by atoms with Crippen LogP contribution in [0.3, 0.4) is 0 Å². The van der Waals surface area contributed by atoms with Crippen molar-refractivity contribution in [3.05, 3.63) is 58.9 Å². The summed E-state index contributed by atoms with van der Waals surface area (Å²) in [5.41, 5.74) is 1.77. The van der Waals surface area contributed by atoms with E-state index in [9.17, 15) is 0 Å². The Labute approximate surface area is 141 Å². The molecule has 23 heavy (non-hydrogen) atoms. The summed E-state index contributed by atoms with van der Waals surface area (Å²) in [6.07, 6.45) is 5.68. The van der Waals surface area contributed by atoms with Crippen LogP contribution in [0, 0.1) is 11.3 Å². The molecular weight excluding hydrogens is 310 g/mol. The molecule has 118 valence electrons. The van der Waals surface area contributed by atoms with Crippen molar-refractivity contribution in [3.8, 4) is 11.8 Å². The fourth-order valence-electron chi connectivity index (χ4n) is 2.76. The molecule has 1 aliphatic rings. The molecule has 0 spiro atoms. The molecule has 0 saturated carbocycles. The predicted molar refractivity (Wildman–Crippen MR) is 89.3 cm³/mol. The second-order valence-corrected chi connectivity index (χ2v) is 6.10. The minimum Gasteiger partial charge on any atom is -0.490 e. The van der Waals surface area contributed by atoms with E-state index in [1.165, 1.54) is 0 Å². The lowest BCUT2D eigenvalue weighted by Gasteiger charge is -2.32. The van der Waals surface area contributed by atoms with Crippen LogP contribution in [0.5, 0.6) is 5.75 Å². The lowest BCUT2D eigenvalue weighted by molar-refractivity contribution is 0.0968. The number of halogens is 1. The van der Waals surface area contributed by atoms with E-state index in [2.05, 4.69) is 16.0 Å². The van der Waals surface area contributed by atoms with Gasteiger partial charge in [0.05, 0.1) is 16.7 Å². The van der Waals surface area contributed by atoms with Crippen molar-refractivity contribution in [3.63, 3.8) is 0 Å². The molecule has 2 heterocycles. The molecule has 4 nitrogen and oxygen atoms in total. The quantitative estimate of drug-likeness (QED) is 0.860. The van der Waals surface area contributed by atoms with E-state index in [0.29, 0.717) is 5.56 Å². The summed E-state index contributed by atoms with van der Waals surface area (Å²) in [6.45, 7) is 2.82. The first-order valence-electron chi connectivity index (χ1n) is 7.72. The zero-order valence-electron chi connectivity index (χ0n) is 12.8. The van der Waals surface area contributed by atoms with Gasteiger partial charge in [-0.25, -0.2) is 0 Å². The Morgan fingerprint density at radius 2 is 1.96 bits per heavy atom. The zero-order chi connectivity index (χ0) is 16.1. The summed E-state index contributed by atoms with van der Waals surface area (Å²) in [5, 5.41) is 9.54. The topological polar surface area (TPSA) is 49.1 Å². The number of pyridine rings is 1. The van der Waals surface area contributed by atoms with Gasteiger partial charge in [-0.3, -0.25) is 9.88 Å². The number of piperidine rings is 1. The van der Waals surface area contributed by atoms with E-state index in [1.807, 2.05) is 18.2 Å². The molecule has 1 aliphatic heterocycles. The molecule has 0 N–H and O–H groups in total. The standard InChI is InChI=1S/C18H18ClN3O/c19-18-12-21-8-5-15(18)13-22-9-6-17(7-10-22)23-16-3-1-14(11-20)2-4-16/h1-5,8,12,17H,6-7,9-10,13H2. The van der Waals surface area contributed by atoms with Crippen LogP contribution in [-0.4, -0.2) is 29.1 Å². The Morgan fingerprint density at radius 1 is 1.22 bits per heavy atom. The SMILES string of the molecule is N#Cc1ccc(OC2CCN(Cc3ccncc3Cl)CC2)cc1. The maximum atomic E-state index is 8.81. The molecule has 0 atom stereocenters. The number of nitrogens with zero attached hydrogens (tertiary/aromatic N) is 3. The largest absolute Gasteiger partial charge is 0.490 e. The van der Waals surface area contributed by atoms with Crippen LogP contribution in [0.4, 0.5) is 0 Å². The molecule has 0 aliphatic carbocycles. The third-order valence-corrected chi connectivity index (χ3v) is 4.41. The second kappa shape index (κ2) is 7.45. The average molecular weight is 328 g/mol. The number of ether oxygens (including phenoxy) is 1. The van der Waals surface area contributed by atoms with Crippen LogP contribution in [0.15, 0.2) is 42.7 Å². The van der Waals surface area contributed by atoms with Gasteiger partial charge in [0.25, 0.3) is 0 Å². The summed E-state index contributed by atoms with van der Waals surface area (Å²) in [4.78, 5) is 6.41. The summed E-state index contributed by atoms with van der Waals surface area (Å²) >= 11 is 6.17. The summed E-state index contributed by atoms with van der Waals surface area (Å²) in [7, 11) is 0. The van der Waals surface area contributed by atoms with Crippen LogP contribution in [0.1, 0.15) is 24.0 Å². The third kappa shape index (κ3) is 4.22. The van der Waals surface area contributed by atoms with Gasteiger partial charge in [-0.15, -0.1) is 0 Å². The van der Waals surface area contributed by atoms with Gasteiger partial charge in [0.15, 0.2) is 0 Å². The van der Waals surface area contributed by atoms with Crippen molar-refractivity contribution >= 4 is 11.6 Å². The first kappa shape index (κ1) is 15.8. The normalized spacial score (nSPS) is 16.0. The third-order valence-electron chi connectivity index (χ3n) is 4.07. The maximum absolute atomic E-state index is 8.81. The van der Waals surface area contributed by atoms with Gasteiger partial charge in [-0.05, 0) is 48.7 Å². The van der Waals surface area contributed by atoms with Crippen LogP contribution in [0.2, 0.25) is 5.02 Å². The Balaban J connectivity index is 1.50. The van der Waals surface area contributed by atoms with Crippen LogP contribution < -0.4 is 4.74 Å². The highest BCUT2D eigenvalue weighted by Crippen LogP contribution is 2.22. The van der Waals surface area contributed by atoms with E-state index in [1.54, 1.807) is 24.5 Å². The van der Waals surface area contributed by atoms with Crippen molar-refractivity contribution in [1.29, 1.82) is 5.26 Å². The first-order valence-corrected chi connectivity index (χ1v) is 8.10. The Hall–Kier alpha value is -2.09. The zero-order valence-corrected chi connectivity index (χ0v) is 13.5. The van der Waals surface area contributed by atoms with Crippen molar-refractivity contribution in [2.45, 2.75) is 25.5 Å². The fourth-order valence-corrected chi connectivity index (χ4v) is 2.94. The molecule has 3 rings (SSSR count). The molecule has 0 unspecified atom stereocenters. The summed E-state index contributed by atoms with van der Waals surface area (Å²) < 4.78 is 6.00. The maximum Gasteiger partial charge on any atom is 0.119 e. The first-order chi connectivity index (χ1) is 11.2. The average Bonchev–Trinajstić information content (AvgIpc) is 2.59. The highest BCUT2D eigenvalue weighted by molar-refractivity contribution is 6.31. The van der Waals surface area contributed by atoms with Gasteiger partial charge in [0, 0.05) is 32.0 Å². The Kier molecular flexibility index (Phi) is 5.12. The molecule has 1 aromatic carbocycles. The summed E-state index contributed by atoms with van der Waals surface area (Å²) in [6, 6.07) is 11.4. The molecule has 1 fully saturated rings. The van der Waals surface area contributed by atoms with Crippen LogP contribution in [0.25, 0.3) is 0 Å². The van der Waals surface area contributed by atoms with Crippen molar-refractivity contribution in [1.82, 2.24) is 9.88 Å². The van der Waals surface area contributed by atoms with Crippen LogP contribution >= 0.6 is 11.6 Å². The van der Waals surface area contributed by atoms with Gasteiger partial charge >= 0.3 is 0 Å². The Morgan fingerprint density at radius 3 is 2.61 bits per heavy atom. The number of likely N-dealkylation sites (tertiary alicyclic amines) is 1. The molecule has 1 aromatic heterocycles. The smallest absolute Gasteiger partial charge is 0.119 e. The van der Waals surface area contributed by atoms with Crippen LogP contribution in [-0.2, 0) is 6.54 Å². The molecule has 0 radical (unpaired) electrons. The van der Waals surface area contributed by atoms with E-state index in [0.717, 1.165) is 48.8 Å². The van der Waals surface area contributed by atoms with E-state index >= 15 is 0 Å². The monoisotopic (exact) mass is 327 g/mol. The number of nitriles is 1. The lowest BCUT2D eigenvalue weighted by Crippen LogP contribution is -2.37. The number of hydrogen-bond acceptors (Lipinski definition) is 4. The van der Waals surface area contributed by atoms with E-state index < -0.39 is 0 Å². The molecule has 5 heteroatoms.